The summed E-state index contributed by atoms with van der Waals surface area (Å²) in [5, 5.41) is 8.59. The molecule has 2 aromatic rings. The monoisotopic (exact) mass is 282 g/mol. The number of carboxylic acids is 1. The zero-order valence-electron chi connectivity index (χ0n) is 12.0. The van der Waals surface area contributed by atoms with Gasteiger partial charge in [-0.2, -0.15) is 0 Å². The lowest BCUT2D eigenvalue weighted by atomic mass is 10.00. The van der Waals surface area contributed by atoms with Gasteiger partial charge in [0.15, 0.2) is 5.78 Å². The molecule has 108 valence electrons. The molecule has 0 saturated heterocycles. The highest BCUT2D eigenvalue weighted by atomic mass is 16.4. The van der Waals surface area contributed by atoms with Gasteiger partial charge in [0.2, 0.25) is 0 Å². The summed E-state index contributed by atoms with van der Waals surface area (Å²) < 4.78 is 0. The summed E-state index contributed by atoms with van der Waals surface area (Å²) in [6, 6.07) is 15.6. The lowest BCUT2D eigenvalue weighted by Gasteiger charge is -2.05. The van der Waals surface area contributed by atoms with E-state index in [4.69, 9.17) is 5.11 Å². The number of carbonyl (C=O) groups is 2. The maximum absolute atomic E-state index is 11.8. The molecule has 0 aliphatic carbocycles. The lowest BCUT2D eigenvalue weighted by Crippen LogP contribution is -2.03. The van der Waals surface area contributed by atoms with Crippen molar-refractivity contribution in [1.29, 1.82) is 0 Å². The summed E-state index contributed by atoms with van der Waals surface area (Å²) in [6.45, 7) is 2.12. The van der Waals surface area contributed by atoms with Gasteiger partial charge in [0.1, 0.15) is 0 Å². The zero-order valence-corrected chi connectivity index (χ0v) is 12.0. The highest BCUT2D eigenvalue weighted by Gasteiger charge is 2.08. The molecule has 3 nitrogen and oxygen atoms in total. The first-order valence-corrected chi connectivity index (χ1v) is 7.04. The molecule has 0 heterocycles. The molecule has 0 saturated carbocycles. The third-order valence-corrected chi connectivity index (χ3v) is 3.47. The predicted octanol–water partition coefficient (Wildman–Crippen LogP) is 3.96. The second-order valence-corrected chi connectivity index (χ2v) is 4.94. The van der Waals surface area contributed by atoms with Crippen LogP contribution in [-0.4, -0.2) is 16.9 Å². The number of aliphatic carboxylic acids is 1. The second-order valence-electron chi connectivity index (χ2n) is 4.94. The van der Waals surface area contributed by atoms with Crippen LogP contribution in [0.3, 0.4) is 0 Å². The molecular formula is C18H18O3. The van der Waals surface area contributed by atoms with Crippen LogP contribution in [0.5, 0.6) is 0 Å². The predicted molar refractivity (Wildman–Crippen MR) is 82.5 cm³/mol. The fraction of sp³-hybridized carbons (Fsp3) is 0.222. The summed E-state index contributed by atoms with van der Waals surface area (Å²) in [6.07, 6.45) is 0.927. The third kappa shape index (κ3) is 4.02. The van der Waals surface area contributed by atoms with Crippen LogP contribution in [0.15, 0.2) is 48.5 Å². The van der Waals surface area contributed by atoms with Crippen LogP contribution in [-0.2, 0) is 11.2 Å². The SMILES string of the molecule is CCc1ccc(-c2ccc(C(=O)CCC(=O)O)cc2)cc1. The number of carbonyl (C=O) groups excluding carboxylic acids is 1. The Morgan fingerprint density at radius 3 is 1.86 bits per heavy atom. The lowest BCUT2D eigenvalue weighted by molar-refractivity contribution is -0.136. The van der Waals surface area contributed by atoms with Gasteiger partial charge in [0.05, 0.1) is 6.42 Å². The van der Waals surface area contributed by atoms with E-state index in [0.717, 1.165) is 17.5 Å². The van der Waals surface area contributed by atoms with E-state index < -0.39 is 5.97 Å². The summed E-state index contributed by atoms with van der Waals surface area (Å²) in [5.41, 5.74) is 4.01. The van der Waals surface area contributed by atoms with E-state index in [-0.39, 0.29) is 18.6 Å². The topological polar surface area (TPSA) is 54.4 Å². The van der Waals surface area contributed by atoms with Gasteiger partial charge in [-0.25, -0.2) is 0 Å². The van der Waals surface area contributed by atoms with E-state index in [1.165, 1.54) is 5.56 Å². The normalized spacial score (nSPS) is 10.3. The maximum atomic E-state index is 11.8. The molecule has 1 N–H and O–H groups in total. The summed E-state index contributed by atoms with van der Waals surface area (Å²) >= 11 is 0. The third-order valence-electron chi connectivity index (χ3n) is 3.47. The molecule has 3 heteroatoms. The molecule has 0 radical (unpaired) electrons. The number of benzene rings is 2. The van der Waals surface area contributed by atoms with E-state index in [9.17, 15) is 9.59 Å². The van der Waals surface area contributed by atoms with Gasteiger partial charge in [-0.1, -0.05) is 55.5 Å². The highest BCUT2D eigenvalue weighted by Crippen LogP contribution is 2.21. The first-order valence-electron chi connectivity index (χ1n) is 7.04. The maximum Gasteiger partial charge on any atom is 0.303 e. The minimum absolute atomic E-state index is 0.0415. The molecule has 21 heavy (non-hydrogen) atoms. The molecule has 2 rings (SSSR count). The smallest absolute Gasteiger partial charge is 0.303 e. The van der Waals surface area contributed by atoms with Crippen LogP contribution in [0, 0.1) is 0 Å². The number of aryl methyl sites for hydroxylation is 1. The molecule has 0 atom stereocenters. The van der Waals surface area contributed by atoms with Crippen LogP contribution in [0.25, 0.3) is 11.1 Å². The molecule has 2 aromatic carbocycles. The largest absolute Gasteiger partial charge is 0.481 e. The average Bonchev–Trinajstić information content (AvgIpc) is 2.53. The van der Waals surface area contributed by atoms with Crippen molar-refractivity contribution in [3.8, 4) is 11.1 Å². The average molecular weight is 282 g/mol. The van der Waals surface area contributed by atoms with Crippen molar-refractivity contribution in [3.05, 3.63) is 59.7 Å². The number of carboxylic acid groups (broad SMARTS) is 1. The van der Waals surface area contributed by atoms with Crippen molar-refractivity contribution in [3.63, 3.8) is 0 Å². The van der Waals surface area contributed by atoms with Crippen molar-refractivity contribution >= 4 is 11.8 Å². The van der Waals surface area contributed by atoms with Crippen molar-refractivity contribution in [2.24, 2.45) is 0 Å². The Morgan fingerprint density at radius 1 is 0.857 bits per heavy atom. The first-order chi connectivity index (χ1) is 10.1. The van der Waals surface area contributed by atoms with Gasteiger partial charge in [-0.15, -0.1) is 0 Å². The van der Waals surface area contributed by atoms with Gasteiger partial charge in [0.25, 0.3) is 0 Å². The Labute approximate surface area is 124 Å². The summed E-state index contributed by atoms with van der Waals surface area (Å²) in [7, 11) is 0. The van der Waals surface area contributed by atoms with Crippen molar-refractivity contribution < 1.29 is 14.7 Å². The minimum Gasteiger partial charge on any atom is -0.481 e. The number of Topliss-reactive ketones (excluding diaryl/α,β-unsaturated/α-hetero) is 1. The van der Waals surface area contributed by atoms with E-state index in [2.05, 4.69) is 31.2 Å². The van der Waals surface area contributed by atoms with E-state index in [1.54, 1.807) is 12.1 Å². The van der Waals surface area contributed by atoms with Gasteiger partial charge < -0.3 is 5.11 Å². The van der Waals surface area contributed by atoms with E-state index in [1.807, 2.05) is 12.1 Å². The van der Waals surface area contributed by atoms with Gasteiger partial charge in [-0.05, 0) is 23.1 Å². The standard InChI is InChI=1S/C18H18O3/c1-2-13-3-5-14(6-4-13)15-7-9-16(10-8-15)17(19)11-12-18(20)21/h3-10H,2,11-12H2,1H3,(H,20,21). The summed E-state index contributed by atoms with van der Waals surface area (Å²) in [5.74, 6) is -1.08. The van der Waals surface area contributed by atoms with Crippen molar-refractivity contribution in [2.45, 2.75) is 26.2 Å². The molecule has 0 fully saturated rings. The Kier molecular flexibility index (Phi) is 4.88. The fourth-order valence-corrected chi connectivity index (χ4v) is 2.15. The van der Waals surface area contributed by atoms with Crippen LogP contribution in [0.2, 0.25) is 0 Å². The summed E-state index contributed by atoms with van der Waals surface area (Å²) in [4.78, 5) is 22.3. The zero-order chi connectivity index (χ0) is 15.2. The quantitative estimate of drug-likeness (QED) is 0.816. The molecular weight excluding hydrogens is 264 g/mol. The Bertz CT molecular complexity index is 625. The number of hydrogen-bond acceptors (Lipinski definition) is 2. The molecule has 0 aliphatic heterocycles. The van der Waals surface area contributed by atoms with E-state index >= 15 is 0 Å². The fourth-order valence-electron chi connectivity index (χ4n) is 2.15. The Hall–Kier alpha value is -2.42. The van der Waals surface area contributed by atoms with Crippen LogP contribution in [0.1, 0.15) is 35.7 Å². The van der Waals surface area contributed by atoms with Crippen LogP contribution in [0.4, 0.5) is 0 Å². The van der Waals surface area contributed by atoms with Crippen LogP contribution >= 0.6 is 0 Å². The number of ketones is 1. The van der Waals surface area contributed by atoms with Crippen molar-refractivity contribution in [2.75, 3.05) is 0 Å². The molecule has 0 spiro atoms. The number of hydrogen-bond donors (Lipinski definition) is 1. The molecule has 0 aliphatic rings. The molecule has 0 unspecified atom stereocenters. The van der Waals surface area contributed by atoms with Crippen molar-refractivity contribution in [1.82, 2.24) is 0 Å². The molecule has 0 aromatic heterocycles. The van der Waals surface area contributed by atoms with Gasteiger partial charge >= 0.3 is 5.97 Å². The highest BCUT2D eigenvalue weighted by molar-refractivity contribution is 5.97. The van der Waals surface area contributed by atoms with E-state index in [0.29, 0.717) is 5.56 Å². The number of rotatable bonds is 6. The Morgan fingerprint density at radius 2 is 1.38 bits per heavy atom. The second kappa shape index (κ2) is 6.84. The van der Waals surface area contributed by atoms with Gasteiger partial charge in [-0.3, -0.25) is 9.59 Å². The van der Waals surface area contributed by atoms with Crippen LogP contribution < -0.4 is 0 Å². The van der Waals surface area contributed by atoms with Gasteiger partial charge in [0, 0.05) is 12.0 Å². The molecule has 0 amide bonds. The first kappa shape index (κ1) is 15.0. The minimum atomic E-state index is -0.948. The Balaban J connectivity index is 2.10. The molecule has 0 bridgehead atoms.